The van der Waals surface area contributed by atoms with Crippen LogP contribution in [0.25, 0.3) is 5.57 Å². The molecule has 4 aliphatic heterocycles. The minimum absolute atomic E-state index is 0. The molecule has 0 radical (unpaired) electrons. The number of piperidine rings is 1. The molecular formula is C51H79BClIK2N6O12. The molecule has 0 aliphatic carbocycles. The summed E-state index contributed by atoms with van der Waals surface area (Å²) in [6.07, 6.45) is 12.6. The standard InChI is InChI=1S/C16H28BNO4.C16H22N2O3.C11H16N2O.C6H6INO.CH2O3.CH4.ClH.2K.H/c1-14(2,3)20-13(19)18-10-8-12(9-11-18)17-21-15(4,5)16(6,7)22-17;1-16(2,3)21-15(19)18-10-7-12(8-11-18)13-6-5-9-17-14(13)20-4;1-14-11-10(3-2-6-13-11)9-4-7-12-8-5-9;1-9-6-5(7)3-2-4-8-6;2-1-4-3;;;;;/h8H,9-11H2,1-7H3;5-7,9H,8,10-11H2,1-4H3;2-3,6,9,12H,4-5,7-8H2,1H3;2-4H,1H3;1,3H;1H4;1H;;;/q;;;;;;;2*+1;-1/p-1. The molecule has 404 valence electrons. The average molecular weight is 1220 g/mol. The number of carbonyl (C=O) groups is 3. The fourth-order valence-electron chi connectivity index (χ4n) is 7.13. The quantitative estimate of drug-likeness (QED) is 0.119. The van der Waals surface area contributed by atoms with Crippen LogP contribution in [-0.2, 0) is 28.5 Å². The van der Waals surface area contributed by atoms with Crippen LogP contribution in [0.5, 0.6) is 17.6 Å². The molecule has 74 heavy (non-hydrogen) atoms. The predicted octanol–water partition coefficient (Wildman–Crippen LogP) is 3.16. The van der Waals surface area contributed by atoms with E-state index in [0.717, 1.165) is 52.0 Å². The molecule has 7 rings (SSSR count). The van der Waals surface area contributed by atoms with E-state index in [1.807, 2.05) is 112 Å². The first kappa shape index (κ1) is 74.6. The van der Waals surface area contributed by atoms with Crippen LogP contribution in [0.1, 0.15) is 121 Å². The molecule has 23 heteroatoms. The number of nitrogens with one attached hydrogen (secondary N) is 1. The van der Waals surface area contributed by atoms with Crippen molar-refractivity contribution in [3.05, 3.63) is 87.3 Å². The minimum atomic E-state index is -0.465. The first-order valence-electron chi connectivity index (χ1n) is 23.2. The second-order valence-electron chi connectivity index (χ2n) is 19.3. The van der Waals surface area contributed by atoms with E-state index < -0.39 is 11.2 Å². The molecule has 0 aromatic carbocycles. The average Bonchev–Trinajstić information content (AvgIpc) is 3.56. The fourth-order valence-corrected chi connectivity index (χ4v) is 7.70. The zero-order valence-corrected chi connectivity index (χ0v) is 54.8. The zero-order chi connectivity index (χ0) is 52.1. The summed E-state index contributed by atoms with van der Waals surface area (Å²) in [5.74, 6) is 2.71. The number of hydrogen-bond acceptors (Lipinski definition) is 16. The molecule has 18 nitrogen and oxygen atoms in total. The Kier molecular flexibility index (Phi) is 37.0. The monoisotopic (exact) mass is 1220 g/mol. The molecule has 0 unspecified atom stereocenters. The Hall–Kier alpha value is -1.46. The van der Waals surface area contributed by atoms with E-state index in [1.54, 1.807) is 49.7 Å². The van der Waals surface area contributed by atoms with Crippen LogP contribution in [0.2, 0.25) is 0 Å². The van der Waals surface area contributed by atoms with Gasteiger partial charge in [0, 0.05) is 55.9 Å². The third-order valence-electron chi connectivity index (χ3n) is 11.4. The number of aromatic nitrogens is 3. The van der Waals surface area contributed by atoms with Crippen LogP contribution in [-0.4, -0.2) is 134 Å². The SMILES string of the molecule is C.CC(C)(C)OC(=O)N1CC=C(B2OC(C)(C)C(C)(C)O2)CC1.COc1ncccc1C1=CCN(C(=O)OC(C)(C)C)CC1.COc1ncccc1C1CCNCC1.COc1ncccc1I.Cl.O=CO[O-].[H-].[K+].[K+]. The van der Waals surface area contributed by atoms with E-state index in [2.05, 4.69) is 53.8 Å². The van der Waals surface area contributed by atoms with Crippen molar-refractivity contribution < 1.29 is 162 Å². The molecule has 4 aliphatic rings. The van der Waals surface area contributed by atoms with E-state index in [9.17, 15) is 9.59 Å². The zero-order valence-electron chi connectivity index (χ0n) is 46.6. The number of methoxy groups -OCH3 is 3. The summed E-state index contributed by atoms with van der Waals surface area (Å²) < 4.78 is 39.4. The van der Waals surface area contributed by atoms with Crippen LogP contribution in [0, 0.1) is 3.57 Å². The second kappa shape index (κ2) is 36.7. The van der Waals surface area contributed by atoms with Crippen LogP contribution >= 0.6 is 35.0 Å². The van der Waals surface area contributed by atoms with Gasteiger partial charge in [-0.2, -0.15) is 0 Å². The molecule has 0 spiro atoms. The topological polar surface area (TPSA) is 205 Å². The van der Waals surface area contributed by atoms with Gasteiger partial charge in [0.1, 0.15) is 11.2 Å². The van der Waals surface area contributed by atoms with Gasteiger partial charge in [0.15, 0.2) is 0 Å². The van der Waals surface area contributed by atoms with E-state index in [-0.39, 0.29) is 161 Å². The molecule has 7 heterocycles. The Morgan fingerprint density at radius 3 is 1.62 bits per heavy atom. The summed E-state index contributed by atoms with van der Waals surface area (Å²) in [6, 6.07) is 11.8. The Morgan fingerprint density at radius 1 is 0.770 bits per heavy atom. The normalized spacial score (nSPS) is 16.4. The largest absolute Gasteiger partial charge is 1.00 e. The van der Waals surface area contributed by atoms with E-state index >= 15 is 0 Å². The molecule has 2 amide bonds. The van der Waals surface area contributed by atoms with Gasteiger partial charge >= 0.3 is 122 Å². The molecule has 0 atom stereocenters. The van der Waals surface area contributed by atoms with Gasteiger partial charge in [0.2, 0.25) is 17.6 Å². The Morgan fingerprint density at radius 2 is 1.22 bits per heavy atom. The van der Waals surface area contributed by atoms with Crippen molar-refractivity contribution in [2.45, 2.75) is 131 Å². The summed E-state index contributed by atoms with van der Waals surface area (Å²) in [6.45, 7) is 23.8. The summed E-state index contributed by atoms with van der Waals surface area (Å²) in [7, 11) is 4.60. The van der Waals surface area contributed by atoms with Crippen molar-refractivity contribution in [2.24, 2.45) is 0 Å². The van der Waals surface area contributed by atoms with Gasteiger partial charge in [0.05, 0.1) is 36.1 Å². The number of pyridine rings is 3. The Balaban J connectivity index is -0.000000911. The maximum absolute atomic E-state index is 12.1. The maximum atomic E-state index is 12.1. The van der Waals surface area contributed by atoms with Crippen molar-refractivity contribution in [3.63, 3.8) is 0 Å². The fraction of sp³-hybridized carbons (Fsp3) is 0.569. The van der Waals surface area contributed by atoms with Gasteiger partial charge in [-0.05, 0) is 178 Å². The summed E-state index contributed by atoms with van der Waals surface area (Å²) >= 11 is 2.17. The third kappa shape index (κ3) is 25.6. The van der Waals surface area contributed by atoms with Gasteiger partial charge in [0.25, 0.3) is 6.47 Å². The van der Waals surface area contributed by atoms with Gasteiger partial charge in [-0.3, -0.25) is 4.79 Å². The number of halogens is 2. The molecule has 2 fully saturated rings. The number of nitrogens with zero attached hydrogens (tertiary/aromatic N) is 5. The van der Waals surface area contributed by atoms with Crippen molar-refractivity contribution in [1.82, 2.24) is 30.1 Å². The maximum Gasteiger partial charge on any atom is 1.00 e. The molecule has 3 aromatic heterocycles. The molecule has 3 aromatic rings. The Bertz CT molecular complexity index is 2190. The third-order valence-corrected chi connectivity index (χ3v) is 12.2. The van der Waals surface area contributed by atoms with E-state index in [4.69, 9.17) is 43.0 Å². The van der Waals surface area contributed by atoms with Crippen molar-refractivity contribution in [1.29, 1.82) is 0 Å². The van der Waals surface area contributed by atoms with Crippen LogP contribution < -0.4 is 128 Å². The van der Waals surface area contributed by atoms with Crippen molar-refractivity contribution in [2.75, 3.05) is 60.6 Å². The minimum Gasteiger partial charge on any atom is -1.00 e. The summed E-state index contributed by atoms with van der Waals surface area (Å²) in [4.78, 5) is 51.1. The van der Waals surface area contributed by atoms with Gasteiger partial charge in [-0.25, -0.2) is 24.5 Å². The molecule has 0 saturated carbocycles. The number of amides is 2. The predicted molar refractivity (Wildman–Crippen MR) is 289 cm³/mol. The van der Waals surface area contributed by atoms with Crippen LogP contribution in [0.4, 0.5) is 9.59 Å². The molecule has 2 saturated heterocycles. The van der Waals surface area contributed by atoms with Gasteiger partial charge < -0.3 is 59.7 Å². The summed E-state index contributed by atoms with van der Waals surface area (Å²) in [5, 5.41) is 11.8. The van der Waals surface area contributed by atoms with E-state index in [0.29, 0.717) is 43.9 Å². The molecule has 1 N–H and O–H groups in total. The van der Waals surface area contributed by atoms with Crippen LogP contribution in [0.3, 0.4) is 0 Å². The molecular weight excluding hydrogens is 1140 g/mol. The van der Waals surface area contributed by atoms with Crippen molar-refractivity contribution >= 4 is 66.3 Å². The first-order chi connectivity index (χ1) is 33.0. The Labute approximate surface area is 547 Å². The number of carbonyl (C=O) groups excluding carboxylic acids is 3. The molecule has 0 bridgehead atoms. The smallest absolute Gasteiger partial charge is 1.00 e. The number of ether oxygens (including phenoxy) is 5. The van der Waals surface area contributed by atoms with Gasteiger partial charge in [-0.1, -0.05) is 25.6 Å². The van der Waals surface area contributed by atoms with Gasteiger partial charge in [-0.15, -0.1) is 12.4 Å². The number of rotatable bonds is 7. The van der Waals surface area contributed by atoms with Crippen molar-refractivity contribution in [3.8, 4) is 17.6 Å². The van der Waals surface area contributed by atoms with E-state index in [1.165, 1.54) is 18.4 Å². The summed E-state index contributed by atoms with van der Waals surface area (Å²) in [5.41, 5.74) is 2.92. The number of hydrogen-bond donors (Lipinski definition) is 1. The first-order valence-corrected chi connectivity index (χ1v) is 24.3. The second-order valence-corrected chi connectivity index (χ2v) is 20.5. The van der Waals surface area contributed by atoms with Crippen LogP contribution in [0.15, 0.2) is 72.6 Å².